The lowest BCUT2D eigenvalue weighted by Crippen LogP contribution is -2.48. The van der Waals surface area contributed by atoms with Crippen LogP contribution in [0.2, 0.25) is 0 Å². The number of nitrogens with zero attached hydrogens (tertiary/aromatic N) is 1. The standard InChI is InChI=1S/C12H21NO2/c1-9(2)7-11(14)12-8-13(10(3)4)5-6-15-12/h10,12H,1,5-8H2,2-4H3. The van der Waals surface area contributed by atoms with E-state index in [1.165, 1.54) is 0 Å². The second kappa shape index (κ2) is 5.42. The number of carbonyl (C=O) groups is 1. The van der Waals surface area contributed by atoms with Gasteiger partial charge in [-0.15, -0.1) is 0 Å². The molecule has 3 heteroatoms. The summed E-state index contributed by atoms with van der Waals surface area (Å²) in [6.45, 7) is 12.2. The highest BCUT2D eigenvalue weighted by Crippen LogP contribution is 2.12. The van der Waals surface area contributed by atoms with Crippen LogP contribution in [0.25, 0.3) is 0 Å². The Morgan fingerprint density at radius 3 is 2.80 bits per heavy atom. The summed E-state index contributed by atoms with van der Waals surface area (Å²) in [6, 6.07) is 0.481. The molecule has 0 saturated carbocycles. The summed E-state index contributed by atoms with van der Waals surface area (Å²) in [5.74, 6) is 0.160. The van der Waals surface area contributed by atoms with E-state index in [1.54, 1.807) is 0 Å². The van der Waals surface area contributed by atoms with Gasteiger partial charge < -0.3 is 4.74 Å². The highest BCUT2D eigenvalue weighted by Gasteiger charge is 2.27. The molecule has 0 bridgehead atoms. The van der Waals surface area contributed by atoms with Gasteiger partial charge in [-0.25, -0.2) is 0 Å². The minimum atomic E-state index is -0.252. The molecule has 1 atom stereocenters. The fourth-order valence-electron chi connectivity index (χ4n) is 1.74. The molecule has 1 aliphatic rings. The summed E-state index contributed by atoms with van der Waals surface area (Å²) in [4.78, 5) is 14.0. The molecule has 0 radical (unpaired) electrons. The van der Waals surface area contributed by atoms with Gasteiger partial charge in [-0.2, -0.15) is 0 Å². The minimum Gasteiger partial charge on any atom is -0.368 e. The molecule has 0 aromatic carbocycles. The summed E-state index contributed by atoms with van der Waals surface area (Å²) in [5, 5.41) is 0. The van der Waals surface area contributed by atoms with Crippen molar-refractivity contribution in [2.24, 2.45) is 0 Å². The maximum Gasteiger partial charge on any atom is 0.166 e. The molecule has 1 fully saturated rings. The number of ketones is 1. The van der Waals surface area contributed by atoms with Crippen LogP contribution in [-0.4, -0.2) is 42.5 Å². The van der Waals surface area contributed by atoms with Crippen molar-refractivity contribution in [2.45, 2.75) is 39.3 Å². The van der Waals surface area contributed by atoms with Gasteiger partial charge in [-0.05, 0) is 20.8 Å². The number of hydrogen-bond donors (Lipinski definition) is 0. The first kappa shape index (κ1) is 12.4. The van der Waals surface area contributed by atoms with Crippen molar-refractivity contribution in [3.8, 4) is 0 Å². The van der Waals surface area contributed by atoms with Gasteiger partial charge in [0.05, 0.1) is 6.61 Å². The lowest BCUT2D eigenvalue weighted by molar-refractivity contribution is -0.136. The largest absolute Gasteiger partial charge is 0.368 e. The van der Waals surface area contributed by atoms with Crippen molar-refractivity contribution in [1.29, 1.82) is 0 Å². The average Bonchev–Trinajstić information content (AvgIpc) is 2.17. The number of hydrogen-bond acceptors (Lipinski definition) is 3. The average molecular weight is 211 g/mol. The summed E-state index contributed by atoms with van der Waals surface area (Å²) in [5.41, 5.74) is 0.908. The fourth-order valence-corrected chi connectivity index (χ4v) is 1.74. The fraction of sp³-hybridized carbons (Fsp3) is 0.750. The van der Waals surface area contributed by atoms with Gasteiger partial charge in [-0.1, -0.05) is 12.2 Å². The Kier molecular flexibility index (Phi) is 4.48. The van der Waals surface area contributed by atoms with Crippen LogP contribution in [0.15, 0.2) is 12.2 Å². The Morgan fingerprint density at radius 1 is 1.60 bits per heavy atom. The lowest BCUT2D eigenvalue weighted by atomic mass is 10.1. The second-order valence-corrected chi connectivity index (χ2v) is 4.55. The van der Waals surface area contributed by atoms with Gasteiger partial charge in [0, 0.05) is 25.6 Å². The zero-order valence-corrected chi connectivity index (χ0v) is 9.95. The maximum atomic E-state index is 11.8. The number of rotatable bonds is 4. The van der Waals surface area contributed by atoms with Crippen molar-refractivity contribution in [3.05, 3.63) is 12.2 Å². The number of allylic oxidation sites excluding steroid dienone is 1. The quantitative estimate of drug-likeness (QED) is 0.662. The molecular formula is C12H21NO2. The third-order valence-corrected chi connectivity index (χ3v) is 2.66. The van der Waals surface area contributed by atoms with Gasteiger partial charge in [0.1, 0.15) is 6.10 Å². The highest BCUT2D eigenvalue weighted by molar-refractivity contribution is 5.85. The van der Waals surface area contributed by atoms with Gasteiger partial charge in [-0.3, -0.25) is 9.69 Å². The van der Waals surface area contributed by atoms with E-state index in [9.17, 15) is 4.79 Å². The predicted molar refractivity (Wildman–Crippen MR) is 60.9 cm³/mol. The van der Waals surface area contributed by atoms with Gasteiger partial charge in [0.2, 0.25) is 0 Å². The third-order valence-electron chi connectivity index (χ3n) is 2.66. The molecule has 15 heavy (non-hydrogen) atoms. The van der Waals surface area contributed by atoms with Gasteiger partial charge in [0.25, 0.3) is 0 Å². The zero-order chi connectivity index (χ0) is 11.4. The van der Waals surface area contributed by atoms with Crippen molar-refractivity contribution in [3.63, 3.8) is 0 Å². The SMILES string of the molecule is C=C(C)CC(=O)C1CN(C(C)C)CCO1. The number of ether oxygens (including phenoxy) is 1. The zero-order valence-electron chi connectivity index (χ0n) is 9.95. The van der Waals surface area contributed by atoms with Crippen LogP contribution < -0.4 is 0 Å². The van der Waals surface area contributed by atoms with E-state index in [2.05, 4.69) is 25.3 Å². The van der Waals surface area contributed by atoms with Crippen LogP contribution in [-0.2, 0) is 9.53 Å². The summed E-state index contributed by atoms with van der Waals surface area (Å²) in [7, 11) is 0. The normalized spacial score (nSPS) is 23.1. The maximum absolute atomic E-state index is 11.8. The van der Waals surface area contributed by atoms with Gasteiger partial charge in [0.15, 0.2) is 5.78 Å². The molecular weight excluding hydrogens is 190 g/mol. The number of morpholine rings is 1. The first-order chi connectivity index (χ1) is 7.00. The summed E-state index contributed by atoms with van der Waals surface area (Å²) in [6.07, 6.45) is 0.189. The molecule has 0 aliphatic carbocycles. The Morgan fingerprint density at radius 2 is 2.27 bits per heavy atom. The van der Waals surface area contributed by atoms with E-state index >= 15 is 0 Å². The lowest BCUT2D eigenvalue weighted by Gasteiger charge is -2.34. The first-order valence-corrected chi connectivity index (χ1v) is 5.53. The monoisotopic (exact) mass is 211 g/mol. The van der Waals surface area contributed by atoms with Crippen molar-refractivity contribution < 1.29 is 9.53 Å². The van der Waals surface area contributed by atoms with E-state index in [4.69, 9.17) is 4.74 Å². The van der Waals surface area contributed by atoms with Crippen LogP contribution in [0.4, 0.5) is 0 Å². The Bertz CT molecular complexity index is 248. The second-order valence-electron chi connectivity index (χ2n) is 4.55. The third kappa shape index (κ3) is 3.76. The van der Waals surface area contributed by atoms with E-state index in [0.717, 1.165) is 18.7 Å². The topological polar surface area (TPSA) is 29.5 Å². The number of carbonyl (C=O) groups excluding carboxylic acids is 1. The molecule has 0 aromatic rings. The van der Waals surface area contributed by atoms with Gasteiger partial charge >= 0.3 is 0 Å². The number of Topliss-reactive ketones (excluding diaryl/α,β-unsaturated/α-hetero) is 1. The molecule has 1 saturated heterocycles. The molecule has 86 valence electrons. The molecule has 1 unspecified atom stereocenters. The molecule has 0 aromatic heterocycles. The van der Waals surface area contributed by atoms with Crippen molar-refractivity contribution in [1.82, 2.24) is 4.90 Å². The van der Waals surface area contributed by atoms with Crippen LogP contribution in [0.1, 0.15) is 27.2 Å². The van der Waals surface area contributed by atoms with E-state index in [-0.39, 0.29) is 11.9 Å². The van der Waals surface area contributed by atoms with E-state index in [1.807, 2.05) is 6.92 Å². The molecule has 1 aliphatic heterocycles. The van der Waals surface area contributed by atoms with E-state index < -0.39 is 0 Å². The molecule has 1 heterocycles. The smallest absolute Gasteiger partial charge is 0.166 e. The Hall–Kier alpha value is -0.670. The van der Waals surface area contributed by atoms with E-state index in [0.29, 0.717) is 19.1 Å². The van der Waals surface area contributed by atoms with Crippen molar-refractivity contribution >= 4 is 5.78 Å². The molecule has 0 amide bonds. The van der Waals surface area contributed by atoms with Crippen LogP contribution in [0.3, 0.4) is 0 Å². The minimum absolute atomic E-state index is 0.160. The molecule has 3 nitrogen and oxygen atoms in total. The Labute approximate surface area is 92.1 Å². The Balaban J connectivity index is 2.48. The molecule has 0 N–H and O–H groups in total. The van der Waals surface area contributed by atoms with Crippen molar-refractivity contribution in [2.75, 3.05) is 19.7 Å². The van der Waals surface area contributed by atoms with Crippen LogP contribution in [0.5, 0.6) is 0 Å². The van der Waals surface area contributed by atoms with Crippen LogP contribution in [0, 0.1) is 0 Å². The molecule has 0 spiro atoms. The predicted octanol–water partition coefficient (Wildman–Crippen LogP) is 1.63. The summed E-state index contributed by atoms with van der Waals surface area (Å²) >= 11 is 0. The van der Waals surface area contributed by atoms with Crippen LogP contribution >= 0.6 is 0 Å². The first-order valence-electron chi connectivity index (χ1n) is 5.53. The highest BCUT2D eigenvalue weighted by atomic mass is 16.5. The molecule has 1 rings (SSSR count). The summed E-state index contributed by atoms with van der Waals surface area (Å²) < 4.78 is 5.49.